The van der Waals surface area contributed by atoms with Crippen LogP contribution in [-0.2, 0) is 0 Å². The van der Waals surface area contributed by atoms with Crippen molar-refractivity contribution >= 4 is 23.1 Å². The lowest BCUT2D eigenvalue weighted by molar-refractivity contribution is 0.819. The third-order valence-corrected chi connectivity index (χ3v) is 3.64. The van der Waals surface area contributed by atoms with E-state index in [1.54, 1.807) is 6.20 Å². The highest BCUT2D eigenvalue weighted by molar-refractivity contribution is 5.60. The van der Waals surface area contributed by atoms with Crippen molar-refractivity contribution in [1.82, 2.24) is 15.2 Å². The molecule has 1 aromatic heterocycles. The molecule has 0 spiro atoms. The maximum Gasteiger partial charge on any atom is 0.244 e. The molecule has 6 heteroatoms. The van der Waals surface area contributed by atoms with E-state index in [9.17, 15) is 0 Å². The summed E-state index contributed by atoms with van der Waals surface area (Å²) < 4.78 is 0. The molecule has 23 heavy (non-hydrogen) atoms. The minimum absolute atomic E-state index is 0.559. The molecule has 2 rings (SSSR count). The highest BCUT2D eigenvalue weighted by Crippen LogP contribution is 2.20. The van der Waals surface area contributed by atoms with Crippen molar-refractivity contribution in [2.75, 3.05) is 35.2 Å². The SMILES string of the molecule is CCCCNc1nncc(Nc2ccc(N(CC)CC)cc2)n1. The summed E-state index contributed by atoms with van der Waals surface area (Å²) in [4.78, 5) is 6.73. The first-order valence-electron chi connectivity index (χ1n) is 8.32. The second kappa shape index (κ2) is 8.92. The molecule has 0 saturated heterocycles. The Labute approximate surface area is 138 Å². The molecule has 1 aromatic carbocycles. The van der Waals surface area contributed by atoms with Crippen molar-refractivity contribution in [3.8, 4) is 0 Å². The molecule has 0 radical (unpaired) electrons. The molecule has 0 amide bonds. The van der Waals surface area contributed by atoms with Gasteiger partial charge in [-0.15, -0.1) is 5.10 Å². The molecule has 0 unspecified atom stereocenters. The van der Waals surface area contributed by atoms with Gasteiger partial charge < -0.3 is 15.5 Å². The van der Waals surface area contributed by atoms with Gasteiger partial charge in [-0.3, -0.25) is 0 Å². The molecule has 0 aliphatic heterocycles. The summed E-state index contributed by atoms with van der Waals surface area (Å²) in [7, 11) is 0. The van der Waals surface area contributed by atoms with E-state index < -0.39 is 0 Å². The number of anilines is 4. The van der Waals surface area contributed by atoms with Gasteiger partial charge in [0.2, 0.25) is 5.95 Å². The Morgan fingerprint density at radius 2 is 1.78 bits per heavy atom. The van der Waals surface area contributed by atoms with Gasteiger partial charge >= 0.3 is 0 Å². The van der Waals surface area contributed by atoms with E-state index in [1.165, 1.54) is 5.69 Å². The fourth-order valence-corrected chi connectivity index (χ4v) is 2.31. The molecule has 2 N–H and O–H groups in total. The van der Waals surface area contributed by atoms with Crippen LogP contribution in [-0.4, -0.2) is 34.8 Å². The number of nitrogens with one attached hydrogen (secondary N) is 2. The minimum atomic E-state index is 0.559. The summed E-state index contributed by atoms with van der Waals surface area (Å²) in [6.45, 7) is 9.35. The average Bonchev–Trinajstić information content (AvgIpc) is 2.58. The molecule has 0 fully saturated rings. The van der Waals surface area contributed by atoms with Crippen LogP contribution in [0.4, 0.5) is 23.1 Å². The molecule has 0 bridgehead atoms. The highest BCUT2D eigenvalue weighted by atomic mass is 15.3. The number of aromatic nitrogens is 3. The Morgan fingerprint density at radius 3 is 2.43 bits per heavy atom. The van der Waals surface area contributed by atoms with E-state index in [0.29, 0.717) is 11.8 Å². The van der Waals surface area contributed by atoms with Crippen molar-refractivity contribution in [3.05, 3.63) is 30.5 Å². The summed E-state index contributed by atoms with van der Waals surface area (Å²) in [6.07, 6.45) is 3.86. The average molecular weight is 314 g/mol. The van der Waals surface area contributed by atoms with E-state index >= 15 is 0 Å². The maximum absolute atomic E-state index is 4.42. The normalized spacial score (nSPS) is 10.4. The molecule has 0 atom stereocenters. The summed E-state index contributed by atoms with van der Waals surface area (Å²) >= 11 is 0. The first kappa shape index (κ1) is 17.0. The van der Waals surface area contributed by atoms with Gasteiger partial charge in [0.05, 0.1) is 6.20 Å². The molecule has 0 saturated carbocycles. The van der Waals surface area contributed by atoms with Crippen LogP contribution >= 0.6 is 0 Å². The van der Waals surface area contributed by atoms with Crippen LogP contribution < -0.4 is 15.5 Å². The van der Waals surface area contributed by atoms with Gasteiger partial charge in [-0.25, -0.2) is 0 Å². The molecular weight excluding hydrogens is 288 g/mol. The first-order chi connectivity index (χ1) is 11.3. The van der Waals surface area contributed by atoms with Crippen molar-refractivity contribution in [3.63, 3.8) is 0 Å². The predicted octanol–water partition coefficient (Wildman–Crippen LogP) is 3.67. The monoisotopic (exact) mass is 314 g/mol. The third kappa shape index (κ3) is 5.09. The molecule has 0 aliphatic carbocycles. The zero-order valence-electron chi connectivity index (χ0n) is 14.2. The van der Waals surface area contributed by atoms with Gasteiger partial charge in [0.15, 0.2) is 5.82 Å². The lowest BCUT2D eigenvalue weighted by Crippen LogP contribution is -2.21. The smallest absolute Gasteiger partial charge is 0.244 e. The van der Waals surface area contributed by atoms with E-state index in [4.69, 9.17) is 0 Å². The molecule has 6 nitrogen and oxygen atoms in total. The lowest BCUT2D eigenvalue weighted by atomic mass is 10.2. The fraction of sp³-hybridized carbons (Fsp3) is 0.471. The van der Waals surface area contributed by atoms with Gasteiger partial charge in [0.1, 0.15) is 0 Å². The molecule has 1 heterocycles. The number of unbranched alkanes of at least 4 members (excludes halogenated alkanes) is 1. The van der Waals surface area contributed by atoms with Gasteiger partial charge in [-0.1, -0.05) is 13.3 Å². The molecular formula is C17H26N6. The summed E-state index contributed by atoms with van der Waals surface area (Å²) in [6, 6.07) is 8.34. The Morgan fingerprint density at radius 1 is 1.04 bits per heavy atom. The third-order valence-electron chi connectivity index (χ3n) is 3.64. The van der Waals surface area contributed by atoms with Crippen LogP contribution in [0.15, 0.2) is 30.5 Å². The first-order valence-corrected chi connectivity index (χ1v) is 8.32. The van der Waals surface area contributed by atoms with Crippen LogP contribution in [0.3, 0.4) is 0 Å². The number of benzene rings is 1. The Kier molecular flexibility index (Phi) is 6.59. The van der Waals surface area contributed by atoms with Crippen LogP contribution in [0.5, 0.6) is 0 Å². The van der Waals surface area contributed by atoms with Crippen LogP contribution in [0.1, 0.15) is 33.6 Å². The van der Waals surface area contributed by atoms with Crippen molar-refractivity contribution in [1.29, 1.82) is 0 Å². The Hall–Kier alpha value is -2.37. The number of rotatable bonds is 9. The minimum Gasteiger partial charge on any atom is -0.372 e. The second-order valence-electron chi connectivity index (χ2n) is 5.29. The predicted molar refractivity (Wildman–Crippen MR) is 96.5 cm³/mol. The maximum atomic E-state index is 4.42. The zero-order chi connectivity index (χ0) is 16.5. The number of hydrogen-bond acceptors (Lipinski definition) is 6. The van der Waals surface area contributed by atoms with Gasteiger partial charge in [-0.05, 0) is 44.5 Å². The largest absolute Gasteiger partial charge is 0.372 e. The van der Waals surface area contributed by atoms with Gasteiger partial charge in [-0.2, -0.15) is 10.1 Å². The van der Waals surface area contributed by atoms with Crippen molar-refractivity contribution in [2.45, 2.75) is 33.6 Å². The van der Waals surface area contributed by atoms with Crippen molar-refractivity contribution < 1.29 is 0 Å². The zero-order valence-corrected chi connectivity index (χ0v) is 14.2. The topological polar surface area (TPSA) is 66.0 Å². The van der Waals surface area contributed by atoms with Crippen molar-refractivity contribution in [2.24, 2.45) is 0 Å². The summed E-state index contributed by atoms with van der Waals surface area (Å²) in [5, 5.41) is 14.4. The molecule has 2 aromatic rings. The van der Waals surface area contributed by atoms with E-state index in [-0.39, 0.29) is 0 Å². The van der Waals surface area contributed by atoms with Crippen LogP contribution in [0.2, 0.25) is 0 Å². The van der Waals surface area contributed by atoms with E-state index in [2.05, 4.69) is 75.8 Å². The van der Waals surface area contributed by atoms with Gasteiger partial charge in [0.25, 0.3) is 0 Å². The lowest BCUT2D eigenvalue weighted by Gasteiger charge is -2.21. The van der Waals surface area contributed by atoms with Crippen LogP contribution in [0, 0.1) is 0 Å². The Balaban J connectivity index is 2.00. The molecule has 0 aliphatic rings. The van der Waals surface area contributed by atoms with E-state index in [1.807, 2.05) is 0 Å². The van der Waals surface area contributed by atoms with E-state index in [0.717, 1.165) is 38.2 Å². The van der Waals surface area contributed by atoms with Gasteiger partial charge in [0, 0.05) is 31.0 Å². The number of hydrogen-bond donors (Lipinski definition) is 2. The summed E-state index contributed by atoms with van der Waals surface area (Å²) in [5.74, 6) is 1.25. The number of nitrogens with zero attached hydrogens (tertiary/aromatic N) is 4. The molecule has 124 valence electrons. The Bertz CT molecular complexity index is 580. The summed E-state index contributed by atoms with van der Waals surface area (Å²) in [5.41, 5.74) is 2.21. The highest BCUT2D eigenvalue weighted by Gasteiger charge is 2.03. The fourth-order valence-electron chi connectivity index (χ4n) is 2.31. The standard InChI is InChI=1S/C17H26N6/c1-4-7-12-18-17-21-16(13-19-22-17)20-14-8-10-15(11-9-14)23(5-2)6-3/h8-11,13H,4-7,12H2,1-3H3,(H2,18,20,21,22). The second-order valence-corrected chi connectivity index (χ2v) is 5.29. The van der Waals surface area contributed by atoms with Crippen LogP contribution in [0.25, 0.3) is 0 Å². The quantitative estimate of drug-likeness (QED) is 0.688.